The monoisotopic (exact) mass is 372 g/mol. The van der Waals surface area contributed by atoms with Crippen LogP contribution in [-0.2, 0) is 25.5 Å². The molecule has 0 aromatic carbocycles. The summed E-state index contributed by atoms with van der Waals surface area (Å²) in [6.45, 7) is 8.37. The van der Waals surface area contributed by atoms with Gasteiger partial charge in [-0.15, -0.1) is 0 Å². The average Bonchev–Trinajstić information content (AvgIpc) is 3.15. The number of rotatable bonds is 1. The van der Waals surface area contributed by atoms with Crippen LogP contribution in [0.4, 0.5) is 0 Å². The summed E-state index contributed by atoms with van der Waals surface area (Å²) in [6.07, 6.45) is 5.15. The lowest BCUT2D eigenvalue weighted by atomic mass is 9.42. The summed E-state index contributed by atoms with van der Waals surface area (Å²) < 4.78 is 17.6. The third kappa shape index (κ3) is 2.17. The molecule has 0 spiro atoms. The third-order valence-electron chi connectivity index (χ3n) is 8.15. The summed E-state index contributed by atoms with van der Waals surface area (Å²) in [5.74, 6) is 0.695. The third-order valence-corrected chi connectivity index (χ3v) is 8.15. The Bertz CT molecular complexity index is 807. The van der Waals surface area contributed by atoms with Crippen LogP contribution >= 0.6 is 0 Å². The van der Waals surface area contributed by atoms with Crippen LogP contribution in [0.25, 0.3) is 0 Å². The van der Waals surface area contributed by atoms with E-state index in [4.69, 9.17) is 13.9 Å². The van der Waals surface area contributed by atoms with E-state index in [9.17, 15) is 9.59 Å². The van der Waals surface area contributed by atoms with Gasteiger partial charge in [-0.25, -0.2) is 0 Å². The lowest BCUT2D eigenvalue weighted by Crippen LogP contribution is -2.64. The molecule has 5 nitrogen and oxygen atoms in total. The lowest BCUT2D eigenvalue weighted by molar-refractivity contribution is -0.218. The molecule has 2 heterocycles. The van der Waals surface area contributed by atoms with E-state index in [1.165, 1.54) is 6.92 Å². The fourth-order valence-corrected chi connectivity index (χ4v) is 7.40. The highest BCUT2D eigenvalue weighted by molar-refractivity contribution is 5.82. The fraction of sp³-hybridized carbons (Fsp3) is 0.727. The lowest BCUT2D eigenvalue weighted by Gasteiger charge is -2.62. The molecule has 7 unspecified atom stereocenters. The Morgan fingerprint density at radius 1 is 1.26 bits per heavy atom. The number of furan rings is 1. The Kier molecular flexibility index (Phi) is 3.46. The minimum absolute atomic E-state index is 0.0141. The smallest absolute Gasteiger partial charge is 0.314 e. The summed E-state index contributed by atoms with van der Waals surface area (Å²) in [7, 11) is 0. The van der Waals surface area contributed by atoms with Crippen molar-refractivity contribution < 1.29 is 23.5 Å². The molecule has 1 aromatic rings. The van der Waals surface area contributed by atoms with Gasteiger partial charge in [0.15, 0.2) is 0 Å². The maximum atomic E-state index is 12.9. The highest BCUT2D eigenvalue weighted by Crippen LogP contribution is 2.67. The van der Waals surface area contributed by atoms with E-state index in [1.54, 1.807) is 6.26 Å². The van der Waals surface area contributed by atoms with Gasteiger partial charge in [-0.2, -0.15) is 0 Å². The van der Waals surface area contributed by atoms with Crippen LogP contribution in [0.5, 0.6) is 0 Å². The van der Waals surface area contributed by atoms with Crippen molar-refractivity contribution in [3.8, 4) is 0 Å². The van der Waals surface area contributed by atoms with Crippen molar-refractivity contribution in [1.29, 1.82) is 0 Å². The van der Waals surface area contributed by atoms with Gasteiger partial charge in [0.2, 0.25) is 0 Å². The van der Waals surface area contributed by atoms with Crippen molar-refractivity contribution in [1.82, 2.24) is 0 Å². The number of hydrogen-bond acceptors (Lipinski definition) is 5. The second-order valence-electron chi connectivity index (χ2n) is 9.97. The second-order valence-corrected chi connectivity index (χ2v) is 9.97. The van der Waals surface area contributed by atoms with Crippen molar-refractivity contribution in [2.24, 2.45) is 28.6 Å². The van der Waals surface area contributed by atoms with Gasteiger partial charge < -0.3 is 13.9 Å². The van der Waals surface area contributed by atoms with Gasteiger partial charge in [0, 0.05) is 30.7 Å². The van der Waals surface area contributed by atoms with Gasteiger partial charge in [0.1, 0.15) is 18.0 Å². The topological polar surface area (TPSA) is 65.7 Å². The van der Waals surface area contributed by atoms with Gasteiger partial charge in [-0.3, -0.25) is 9.59 Å². The largest absolute Gasteiger partial charge is 0.469 e. The molecule has 3 fully saturated rings. The minimum Gasteiger partial charge on any atom is -0.469 e. The number of carbonyl (C=O) groups is 2. The highest BCUT2D eigenvalue weighted by Gasteiger charge is 2.69. The van der Waals surface area contributed by atoms with E-state index in [2.05, 4.69) is 20.8 Å². The molecule has 3 aliphatic carbocycles. The van der Waals surface area contributed by atoms with Crippen LogP contribution in [0.2, 0.25) is 0 Å². The maximum Gasteiger partial charge on any atom is 0.314 e. The molecule has 27 heavy (non-hydrogen) atoms. The fourth-order valence-electron chi connectivity index (χ4n) is 7.40. The Morgan fingerprint density at radius 3 is 2.78 bits per heavy atom. The number of fused-ring (bicyclic) bond motifs is 4. The average molecular weight is 372 g/mol. The Morgan fingerprint density at radius 2 is 2.04 bits per heavy atom. The van der Waals surface area contributed by atoms with E-state index in [0.29, 0.717) is 5.92 Å². The molecule has 5 heteroatoms. The summed E-state index contributed by atoms with van der Waals surface area (Å²) in [5, 5.41) is 0. The zero-order valence-electron chi connectivity index (χ0n) is 16.5. The summed E-state index contributed by atoms with van der Waals surface area (Å²) in [5.41, 5.74) is 0.980. The number of esters is 2. The molecule has 1 aliphatic heterocycles. The molecular weight excluding hydrogens is 344 g/mol. The molecule has 0 bridgehead atoms. The van der Waals surface area contributed by atoms with Crippen LogP contribution in [0.1, 0.15) is 64.2 Å². The normalized spacial score (nSPS) is 43.9. The first-order valence-electron chi connectivity index (χ1n) is 10.2. The zero-order valence-corrected chi connectivity index (χ0v) is 16.5. The van der Waals surface area contributed by atoms with Crippen LogP contribution < -0.4 is 0 Å². The molecule has 1 aromatic heterocycles. The van der Waals surface area contributed by atoms with Crippen LogP contribution in [-0.4, -0.2) is 24.1 Å². The van der Waals surface area contributed by atoms with Crippen LogP contribution in [0, 0.1) is 28.6 Å². The highest BCUT2D eigenvalue weighted by atomic mass is 16.6. The van der Waals surface area contributed by atoms with Crippen molar-refractivity contribution >= 4 is 11.9 Å². The van der Waals surface area contributed by atoms with Crippen LogP contribution in [0.3, 0.4) is 0 Å². The van der Waals surface area contributed by atoms with Crippen molar-refractivity contribution in [2.75, 3.05) is 0 Å². The Balaban J connectivity index is 1.69. The van der Waals surface area contributed by atoms with Gasteiger partial charge in [-0.1, -0.05) is 27.2 Å². The van der Waals surface area contributed by atoms with Crippen molar-refractivity contribution in [3.63, 3.8) is 0 Å². The molecule has 146 valence electrons. The van der Waals surface area contributed by atoms with Crippen LogP contribution in [0.15, 0.2) is 16.7 Å². The second kappa shape index (κ2) is 5.39. The Labute approximate surface area is 159 Å². The quantitative estimate of drug-likeness (QED) is 0.701. The zero-order chi connectivity index (χ0) is 19.1. The number of ether oxygens (including phenoxy) is 2. The molecule has 7 atom stereocenters. The molecule has 0 radical (unpaired) electrons. The molecule has 5 rings (SSSR count). The molecule has 0 amide bonds. The first kappa shape index (κ1) is 17.3. The number of hydrogen-bond donors (Lipinski definition) is 0. The van der Waals surface area contributed by atoms with Gasteiger partial charge in [-0.05, 0) is 35.7 Å². The van der Waals surface area contributed by atoms with E-state index in [0.717, 1.165) is 37.0 Å². The van der Waals surface area contributed by atoms with E-state index >= 15 is 0 Å². The van der Waals surface area contributed by atoms with E-state index < -0.39 is 0 Å². The van der Waals surface area contributed by atoms with Gasteiger partial charge >= 0.3 is 11.9 Å². The standard InChI is InChI=1S/C22H28O5/c1-11(23)26-18-17-16-13(22(4)8-5-7-21(2,3)19(18)22)10-14-12(6-9-25-14)15(16)20(24)27-17/h6,9,13,15-19H,5,7-8,10H2,1-4H3. The molecule has 4 aliphatic rings. The van der Waals surface area contributed by atoms with Gasteiger partial charge in [0.05, 0.1) is 12.2 Å². The minimum atomic E-state index is -0.369. The maximum absolute atomic E-state index is 12.9. The predicted molar refractivity (Wildman–Crippen MR) is 96.8 cm³/mol. The number of carbonyl (C=O) groups excluding carboxylic acids is 2. The first-order chi connectivity index (χ1) is 12.7. The molecule has 0 N–H and O–H groups in total. The summed E-state index contributed by atoms with van der Waals surface area (Å²) >= 11 is 0. The van der Waals surface area contributed by atoms with Crippen molar-refractivity contribution in [3.05, 3.63) is 23.7 Å². The predicted octanol–water partition coefficient (Wildman–Crippen LogP) is 3.86. The SMILES string of the molecule is CC(=O)OC1C2OC(=O)C3c4ccoc4CC(C32)C2(C)CCCC(C)(C)C12. The summed E-state index contributed by atoms with van der Waals surface area (Å²) in [6, 6.07) is 1.92. The molecular formula is C22H28O5. The summed E-state index contributed by atoms with van der Waals surface area (Å²) in [4.78, 5) is 24.9. The molecule has 2 saturated carbocycles. The van der Waals surface area contributed by atoms with E-state index in [-0.39, 0.29) is 52.7 Å². The first-order valence-corrected chi connectivity index (χ1v) is 10.2. The molecule has 1 saturated heterocycles. The Hall–Kier alpha value is -1.78. The van der Waals surface area contributed by atoms with Gasteiger partial charge in [0.25, 0.3) is 0 Å². The van der Waals surface area contributed by atoms with Crippen molar-refractivity contribution in [2.45, 2.75) is 71.5 Å². The van der Waals surface area contributed by atoms with E-state index in [1.807, 2.05) is 6.07 Å².